The molecule has 1 aliphatic heterocycles. The summed E-state index contributed by atoms with van der Waals surface area (Å²) in [6.45, 7) is 6.45. The standard InChI is InChI=1S/C29H27N3O3/c1-19-7-8-22(17-20(19)2)27-18-25(24-5-3-4-6-26(24)31-27)28(33)30-23-11-9-21(10-12-23)29(34)32-13-15-35-16-14-32/h3-12,17-18H,13-16H2,1-2H3,(H,30,33). The Kier molecular flexibility index (Phi) is 6.29. The van der Waals surface area contributed by atoms with Crippen LogP contribution in [0.1, 0.15) is 31.8 Å². The van der Waals surface area contributed by atoms with Gasteiger partial charge in [-0.25, -0.2) is 4.98 Å². The van der Waals surface area contributed by atoms with Crippen LogP contribution >= 0.6 is 0 Å². The first-order valence-electron chi connectivity index (χ1n) is 11.8. The predicted octanol–water partition coefficient (Wildman–Crippen LogP) is 5.24. The molecule has 4 aromatic rings. The molecule has 1 aliphatic rings. The number of ether oxygens (including phenoxy) is 1. The maximum absolute atomic E-state index is 13.4. The number of carbonyl (C=O) groups excluding carboxylic acids is 2. The third-order valence-electron chi connectivity index (χ3n) is 6.45. The number of hydrogen-bond acceptors (Lipinski definition) is 4. The van der Waals surface area contributed by atoms with E-state index >= 15 is 0 Å². The summed E-state index contributed by atoms with van der Waals surface area (Å²) in [4.78, 5) is 32.7. The summed E-state index contributed by atoms with van der Waals surface area (Å²) in [5.41, 5.74) is 6.65. The van der Waals surface area contributed by atoms with E-state index < -0.39 is 0 Å². The van der Waals surface area contributed by atoms with Crippen LogP contribution in [0.2, 0.25) is 0 Å². The number of carbonyl (C=O) groups is 2. The number of anilines is 1. The molecule has 1 N–H and O–H groups in total. The molecule has 3 aromatic carbocycles. The van der Waals surface area contributed by atoms with E-state index in [-0.39, 0.29) is 11.8 Å². The molecular weight excluding hydrogens is 438 g/mol. The van der Waals surface area contributed by atoms with Gasteiger partial charge in [0.25, 0.3) is 11.8 Å². The molecule has 0 spiro atoms. The highest BCUT2D eigenvalue weighted by Crippen LogP contribution is 2.27. The van der Waals surface area contributed by atoms with E-state index in [0.717, 1.165) is 22.2 Å². The molecule has 35 heavy (non-hydrogen) atoms. The Morgan fingerprint density at radius 2 is 1.63 bits per heavy atom. The van der Waals surface area contributed by atoms with Crippen molar-refractivity contribution < 1.29 is 14.3 Å². The number of nitrogens with zero attached hydrogens (tertiary/aromatic N) is 2. The van der Waals surface area contributed by atoms with Crippen molar-refractivity contribution in [2.45, 2.75) is 13.8 Å². The van der Waals surface area contributed by atoms with Crippen LogP contribution < -0.4 is 5.32 Å². The van der Waals surface area contributed by atoms with Gasteiger partial charge in [0.2, 0.25) is 0 Å². The van der Waals surface area contributed by atoms with E-state index in [2.05, 4.69) is 31.3 Å². The third kappa shape index (κ3) is 4.79. The molecule has 6 heteroatoms. The summed E-state index contributed by atoms with van der Waals surface area (Å²) in [7, 11) is 0. The quantitative estimate of drug-likeness (QED) is 0.447. The number of benzene rings is 3. The smallest absolute Gasteiger partial charge is 0.256 e. The number of aromatic nitrogens is 1. The van der Waals surface area contributed by atoms with E-state index in [0.29, 0.717) is 43.1 Å². The van der Waals surface area contributed by atoms with Crippen molar-refractivity contribution in [1.82, 2.24) is 9.88 Å². The summed E-state index contributed by atoms with van der Waals surface area (Å²) >= 11 is 0. The van der Waals surface area contributed by atoms with Crippen LogP contribution in [0, 0.1) is 13.8 Å². The average Bonchev–Trinajstić information content (AvgIpc) is 2.90. The van der Waals surface area contributed by atoms with Gasteiger partial charge in [0, 0.05) is 35.3 Å². The zero-order chi connectivity index (χ0) is 24.4. The Hall–Kier alpha value is -4.03. The first-order valence-corrected chi connectivity index (χ1v) is 11.8. The maximum atomic E-state index is 13.4. The fourth-order valence-corrected chi connectivity index (χ4v) is 4.26. The maximum Gasteiger partial charge on any atom is 0.256 e. The zero-order valence-electron chi connectivity index (χ0n) is 19.9. The van der Waals surface area contributed by atoms with Crippen molar-refractivity contribution in [3.63, 3.8) is 0 Å². The first kappa shape index (κ1) is 22.7. The van der Waals surface area contributed by atoms with Crippen molar-refractivity contribution in [3.8, 4) is 11.3 Å². The molecule has 1 fully saturated rings. The van der Waals surface area contributed by atoms with Crippen molar-refractivity contribution in [3.05, 3.63) is 95.1 Å². The Balaban J connectivity index is 1.42. The van der Waals surface area contributed by atoms with Gasteiger partial charge in [-0.1, -0.05) is 30.3 Å². The largest absolute Gasteiger partial charge is 0.378 e. The Bertz CT molecular complexity index is 1410. The minimum atomic E-state index is -0.221. The summed E-state index contributed by atoms with van der Waals surface area (Å²) in [5.74, 6) is -0.245. The molecule has 176 valence electrons. The molecule has 5 rings (SSSR count). The van der Waals surface area contributed by atoms with E-state index in [1.807, 2.05) is 36.4 Å². The van der Waals surface area contributed by atoms with Gasteiger partial charge in [-0.05, 0) is 67.4 Å². The SMILES string of the molecule is Cc1ccc(-c2cc(C(=O)Nc3ccc(C(=O)N4CCOCC4)cc3)c3ccccc3n2)cc1C. The Labute approximate surface area is 204 Å². The molecule has 2 amide bonds. The lowest BCUT2D eigenvalue weighted by Gasteiger charge is -2.26. The van der Waals surface area contributed by atoms with Crippen LogP contribution in [0.4, 0.5) is 5.69 Å². The van der Waals surface area contributed by atoms with Gasteiger partial charge in [-0.15, -0.1) is 0 Å². The van der Waals surface area contributed by atoms with Crippen LogP contribution in [0.25, 0.3) is 22.2 Å². The van der Waals surface area contributed by atoms with Gasteiger partial charge in [0.15, 0.2) is 0 Å². The van der Waals surface area contributed by atoms with Crippen LogP contribution in [-0.2, 0) is 4.74 Å². The lowest BCUT2D eigenvalue weighted by Crippen LogP contribution is -2.40. The monoisotopic (exact) mass is 465 g/mol. The van der Waals surface area contributed by atoms with E-state index in [4.69, 9.17) is 9.72 Å². The van der Waals surface area contributed by atoms with E-state index in [9.17, 15) is 9.59 Å². The molecule has 0 aliphatic carbocycles. The van der Waals surface area contributed by atoms with Gasteiger partial charge < -0.3 is 15.0 Å². The fraction of sp³-hybridized carbons (Fsp3) is 0.207. The molecule has 2 heterocycles. The molecule has 6 nitrogen and oxygen atoms in total. The lowest BCUT2D eigenvalue weighted by atomic mass is 10.0. The number of nitrogens with one attached hydrogen (secondary N) is 1. The fourth-order valence-electron chi connectivity index (χ4n) is 4.26. The number of rotatable bonds is 4. The van der Waals surface area contributed by atoms with Crippen molar-refractivity contribution in [1.29, 1.82) is 0 Å². The van der Waals surface area contributed by atoms with Crippen LogP contribution in [0.15, 0.2) is 72.8 Å². The van der Waals surface area contributed by atoms with Gasteiger partial charge in [0.1, 0.15) is 0 Å². The van der Waals surface area contributed by atoms with E-state index in [1.54, 1.807) is 29.2 Å². The molecule has 0 saturated carbocycles. The van der Waals surface area contributed by atoms with Crippen molar-refractivity contribution in [2.75, 3.05) is 31.6 Å². The van der Waals surface area contributed by atoms with Gasteiger partial charge in [0.05, 0.1) is 30.0 Å². The number of fused-ring (bicyclic) bond motifs is 1. The van der Waals surface area contributed by atoms with Crippen molar-refractivity contribution in [2.24, 2.45) is 0 Å². The van der Waals surface area contributed by atoms with Gasteiger partial charge in [-0.3, -0.25) is 9.59 Å². The number of amides is 2. The van der Waals surface area contributed by atoms with Crippen LogP contribution in [0.5, 0.6) is 0 Å². The van der Waals surface area contributed by atoms with E-state index in [1.165, 1.54) is 11.1 Å². The van der Waals surface area contributed by atoms with Crippen molar-refractivity contribution >= 4 is 28.4 Å². The second-order valence-corrected chi connectivity index (χ2v) is 8.81. The molecule has 0 bridgehead atoms. The summed E-state index contributed by atoms with van der Waals surface area (Å²) in [6, 6.07) is 22.7. The first-order chi connectivity index (χ1) is 17.0. The molecule has 1 saturated heterocycles. The molecule has 0 unspecified atom stereocenters. The Morgan fingerprint density at radius 3 is 2.37 bits per heavy atom. The second kappa shape index (κ2) is 9.68. The molecular formula is C29H27N3O3. The average molecular weight is 466 g/mol. The summed E-state index contributed by atoms with van der Waals surface area (Å²) in [5, 5.41) is 3.77. The Morgan fingerprint density at radius 1 is 0.886 bits per heavy atom. The number of morpholine rings is 1. The highest BCUT2D eigenvalue weighted by molar-refractivity contribution is 6.13. The highest BCUT2D eigenvalue weighted by atomic mass is 16.5. The molecule has 0 radical (unpaired) electrons. The third-order valence-corrected chi connectivity index (χ3v) is 6.45. The van der Waals surface area contributed by atoms with Crippen LogP contribution in [0.3, 0.4) is 0 Å². The normalized spacial score (nSPS) is 13.6. The number of para-hydroxylation sites is 1. The minimum absolute atomic E-state index is 0.0238. The number of aryl methyl sites for hydroxylation is 2. The number of hydrogen-bond donors (Lipinski definition) is 1. The zero-order valence-corrected chi connectivity index (χ0v) is 19.9. The number of pyridine rings is 1. The molecule has 0 atom stereocenters. The van der Waals surface area contributed by atoms with Crippen LogP contribution in [-0.4, -0.2) is 48.0 Å². The topological polar surface area (TPSA) is 71.5 Å². The van der Waals surface area contributed by atoms with Gasteiger partial charge >= 0.3 is 0 Å². The van der Waals surface area contributed by atoms with Gasteiger partial charge in [-0.2, -0.15) is 0 Å². The predicted molar refractivity (Wildman–Crippen MR) is 138 cm³/mol. The highest BCUT2D eigenvalue weighted by Gasteiger charge is 2.19. The minimum Gasteiger partial charge on any atom is -0.378 e. The molecule has 1 aromatic heterocycles. The second-order valence-electron chi connectivity index (χ2n) is 8.81. The summed E-state index contributed by atoms with van der Waals surface area (Å²) in [6.07, 6.45) is 0. The summed E-state index contributed by atoms with van der Waals surface area (Å²) < 4.78 is 5.32. The lowest BCUT2D eigenvalue weighted by molar-refractivity contribution is 0.0303.